The van der Waals surface area contributed by atoms with Crippen LogP contribution in [0.2, 0.25) is 0 Å². The number of aryl methyl sites for hydroxylation is 2. The summed E-state index contributed by atoms with van der Waals surface area (Å²) in [6, 6.07) is 0. The fourth-order valence-electron chi connectivity index (χ4n) is 1.20. The Hall–Kier alpha value is -1.14. The molecular formula is C12H22N2O3S. The van der Waals surface area contributed by atoms with Crippen molar-refractivity contribution >= 4 is 10.1 Å². The van der Waals surface area contributed by atoms with Crippen LogP contribution in [0.4, 0.5) is 0 Å². The van der Waals surface area contributed by atoms with E-state index in [4.69, 9.17) is 0 Å². The maximum absolute atomic E-state index is 9.79. The standard InChI is InChI=1S/C8H15N2.C4H8O3S/c1-3-4-5-10-7-6-9(2)8-10;1-2-3-4-8(5,6)7/h6-8H,3-5H2,1-2H3;2H,1,3-4H2,(H,5,6,7)/q+1;/p-1. The first-order chi connectivity index (χ1) is 8.39. The highest BCUT2D eigenvalue weighted by Crippen LogP contribution is 1.91. The molecule has 0 atom stereocenters. The van der Waals surface area contributed by atoms with Crippen LogP contribution in [-0.4, -0.2) is 23.3 Å². The van der Waals surface area contributed by atoms with Crippen molar-refractivity contribution in [1.82, 2.24) is 4.57 Å². The molecule has 0 aromatic carbocycles. The van der Waals surface area contributed by atoms with Crippen molar-refractivity contribution in [3.05, 3.63) is 31.4 Å². The van der Waals surface area contributed by atoms with E-state index in [1.54, 1.807) is 0 Å². The lowest BCUT2D eigenvalue weighted by atomic mass is 10.3. The van der Waals surface area contributed by atoms with E-state index in [0.29, 0.717) is 0 Å². The van der Waals surface area contributed by atoms with Gasteiger partial charge in [0.2, 0.25) is 6.33 Å². The lowest BCUT2D eigenvalue weighted by Gasteiger charge is -2.01. The topological polar surface area (TPSA) is 66.0 Å². The zero-order chi connectivity index (χ0) is 14.0. The third-order valence-corrected chi connectivity index (χ3v) is 2.90. The number of unbranched alkanes of at least 4 members (excludes halogenated alkanes) is 1. The number of nitrogens with zero attached hydrogens (tertiary/aromatic N) is 2. The summed E-state index contributed by atoms with van der Waals surface area (Å²) in [5, 5.41) is 0. The van der Waals surface area contributed by atoms with Gasteiger partial charge in [-0.1, -0.05) is 19.4 Å². The molecule has 0 N–H and O–H groups in total. The van der Waals surface area contributed by atoms with Gasteiger partial charge < -0.3 is 4.55 Å². The lowest BCUT2D eigenvalue weighted by Crippen LogP contribution is -2.23. The summed E-state index contributed by atoms with van der Waals surface area (Å²) in [5.41, 5.74) is 0. The Morgan fingerprint density at radius 2 is 2.17 bits per heavy atom. The van der Waals surface area contributed by atoms with Crippen molar-refractivity contribution in [3.63, 3.8) is 0 Å². The Morgan fingerprint density at radius 3 is 2.50 bits per heavy atom. The van der Waals surface area contributed by atoms with Crippen molar-refractivity contribution in [2.45, 2.75) is 32.7 Å². The van der Waals surface area contributed by atoms with Gasteiger partial charge in [-0.15, -0.1) is 6.58 Å². The summed E-state index contributed by atoms with van der Waals surface area (Å²) in [6.45, 7) is 6.62. The van der Waals surface area contributed by atoms with E-state index in [1.165, 1.54) is 18.9 Å². The fraction of sp³-hybridized carbons (Fsp3) is 0.583. The van der Waals surface area contributed by atoms with E-state index in [9.17, 15) is 13.0 Å². The average molecular weight is 274 g/mol. The molecule has 0 aliphatic rings. The second kappa shape index (κ2) is 8.88. The molecule has 0 aliphatic carbocycles. The zero-order valence-corrected chi connectivity index (χ0v) is 11.9. The molecule has 18 heavy (non-hydrogen) atoms. The molecule has 0 bridgehead atoms. The highest BCUT2D eigenvalue weighted by molar-refractivity contribution is 7.85. The van der Waals surface area contributed by atoms with E-state index < -0.39 is 10.1 Å². The molecule has 0 saturated carbocycles. The van der Waals surface area contributed by atoms with Crippen LogP contribution in [0.15, 0.2) is 31.4 Å². The monoisotopic (exact) mass is 274 g/mol. The van der Waals surface area contributed by atoms with Gasteiger partial charge >= 0.3 is 0 Å². The predicted octanol–water partition coefficient (Wildman–Crippen LogP) is 1.22. The maximum Gasteiger partial charge on any atom is 0.243 e. The number of hydrogen-bond donors (Lipinski definition) is 0. The first-order valence-electron chi connectivity index (χ1n) is 5.94. The summed E-state index contributed by atoms with van der Waals surface area (Å²) < 4.78 is 33.6. The van der Waals surface area contributed by atoms with Crippen LogP contribution >= 0.6 is 0 Å². The van der Waals surface area contributed by atoms with Crippen LogP contribution < -0.4 is 4.57 Å². The highest BCUT2D eigenvalue weighted by Gasteiger charge is 1.96. The molecule has 1 aromatic heterocycles. The van der Waals surface area contributed by atoms with Crippen LogP contribution in [0.3, 0.4) is 0 Å². The van der Waals surface area contributed by atoms with Gasteiger partial charge in [0.05, 0.1) is 23.7 Å². The Labute approximate surface area is 110 Å². The third-order valence-electron chi connectivity index (χ3n) is 2.17. The minimum atomic E-state index is -4.01. The first kappa shape index (κ1) is 16.9. The first-order valence-corrected chi connectivity index (χ1v) is 7.52. The molecule has 0 radical (unpaired) electrons. The smallest absolute Gasteiger partial charge is 0.243 e. The van der Waals surface area contributed by atoms with E-state index in [1.807, 2.05) is 7.05 Å². The van der Waals surface area contributed by atoms with Gasteiger partial charge in [-0.05, 0) is 12.8 Å². The van der Waals surface area contributed by atoms with Crippen molar-refractivity contribution < 1.29 is 17.5 Å². The molecule has 0 aliphatic heterocycles. The minimum absolute atomic E-state index is 0.242. The average Bonchev–Trinajstić information content (AvgIpc) is 2.69. The summed E-state index contributed by atoms with van der Waals surface area (Å²) in [7, 11) is -1.96. The van der Waals surface area contributed by atoms with E-state index in [0.717, 1.165) is 6.54 Å². The quantitative estimate of drug-likeness (QED) is 0.445. The summed E-state index contributed by atoms with van der Waals surface area (Å²) >= 11 is 0. The highest BCUT2D eigenvalue weighted by atomic mass is 32.2. The molecule has 1 aromatic rings. The summed E-state index contributed by atoms with van der Waals surface area (Å²) in [5.74, 6) is -0.337. The number of aromatic nitrogens is 2. The Bertz CT molecular complexity index is 438. The molecule has 1 rings (SSSR count). The molecule has 5 nitrogen and oxygen atoms in total. The van der Waals surface area contributed by atoms with Gasteiger partial charge in [0, 0.05) is 5.75 Å². The van der Waals surface area contributed by atoms with Crippen LogP contribution in [0.1, 0.15) is 26.2 Å². The van der Waals surface area contributed by atoms with Gasteiger partial charge in [0.1, 0.15) is 12.4 Å². The second-order valence-corrected chi connectivity index (χ2v) is 5.53. The normalized spacial score (nSPS) is 10.6. The van der Waals surface area contributed by atoms with Gasteiger partial charge in [0.15, 0.2) is 0 Å². The third kappa shape index (κ3) is 10.0. The van der Waals surface area contributed by atoms with Gasteiger partial charge in [-0.25, -0.2) is 17.6 Å². The Balaban J connectivity index is 0.000000331. The van der Waals surface area contributed by atoms with Crippen LogP contribution in [-0.2, 0) is 23.7 Å². The van der Waals surface area contributed by atoms with Crippen LogP contribution in [0.25, 0.3) is 0 Å². The molecule has 0 amide bonds. The molecule has 104 valence electrons. The predicted molar refractivity (Wildman–Crippen MR) is 69.9 cm³/mol. The molecular weight excluding hydrogens is 252 g/mol. The Morgan fingerprint density at radius 1 is 1.50 bits per heavy atom. The Kier molecular flexibility index (Phi) is 8.32. The van der Waals surface area contributed by atoms with E-state index >= 15 is 0 Å². The van der Waals surface area contributed by atoms with E-state index in [-0.39, 0.29) is 12.2 Å². The lowest BCUT2D eigenvalue weighted by molar-refractivity contribution is -0.671. The number of rotatable bonds is 6. The van der Waals surface area contributed by atoms with Crippen molar-refractivity contribution in [2.75, 3.05) is 5.75 Å². The number of hydrogen-bond acceptors (Lipinski definition) is 3. The van der Waals surface area contributed by atoms with Crippen LogP contribution in [0, 0.1) is 0 Å². The largest absolute Gasteiger partial charge is 0.748 e. The molecule has 1 heterocycles. The molecule has 0 spiro atoms. The number of imidazole rings is 1. The van der Waals surface area contributed by atoms with Crippen molar-refractivity contribution in [2.24, 2.45) is 7.05 Å². The van der Waals surface area contributed by atoms with Gasteiger partial charge in [0.25, 0.3) is 0 Å². The minimum Gasteiger partial charge on any atom is -0.748 e. The van der Waals surface area contributed by atoms with Crippen molar-refractivity contribution in [3.8, 4) is 0 Å². The summed E-state index contributed by atoms with van der Waals surface area (Å²) in [6.07, 6.45) is 10.5. The zero-order valence-electron chi connectivity index (χ0n) is 11.1. The number of allylic oxidation sites excluding steroid dienone is 1. The SMILES string of the molecule is C=CCCS(=O)(=O)[O-].CCCCn1cc[n+](C)c1. The van der Waals surface area contributed by atoms with Crippen LogP contribution in [0.5, 0.6) is 0 Å². The van der Waals surface area contributed by atoms with Gasteiger partial charge in [-0.2, -0.15) is 0 Å². The van der Waals surface area contributed by atoms with Gasteiger partial charge in [-0.3, -0.25) is 0 Å². The fourth-order valence-corrected chi connectivity index (χ4v) is 1.66. The molecule has 0 saturated heterocycles. The molecule has 0 fully saturated rings. The second-order valence-electron chi connectivity index (χ2n) is 4.01. The molecule has 6 heteroatoms. The maximum atomic E-state index is 9.79. The molecule has 0 unspecified atom stereocenters. The summed E-state index contributed by atoms with van der Waals surface area (Å²) in [4.78, 5) is 0. The van der Waals surface area contributed by atoms with Crippen molar-refractivity contribution in [1.29, 1.82) is 0 Å². The van der Waals surface area contributed by atoms with E-state index in [2.05, 4.69) is 41.4 Å².